The number of carbonyl (C=O) groups excluding carboxylic acids is 3. The molecule has 0 unspecified atom stereocenters. The Bertz CT molecular complexity index is 1430. The predicted octanol–water partition coefficient (Wildman–Crippen LogP) is 4.70. The van der Waals surface area contributed by atoms with E-state index in [0.29, 0.717) is 55.6 Å². The average Bonchev–Trinajstić information content (AvgIpc) is 3.71. The molecule has 3 amide bonds. The van der Waals surface area contributed by atoms with Gasteiger partial charge in [-0.05, 0) is 43.6 Å². The number of hydrogen-bond donors (Lipinski definition) is 3. The molecule has 0 spiro atoms. The highest BCUT2D eigenvalue weighted by molar-refractivity contribution is 7.98. The fourth-order valence-electron chi connectivity index (χ4n) is 6.31. The van der Waals surface area contributed by atoms with Gasteiger partial charge in [0.05, 0.1) is 30.0 Å². The van der Waals surface area contributed by atoms with Gasteiger partial charge in [-0.15, -0.1) is 0 Å². The maximum atomic E-state index is 14.1. The monoisotopic (exact) mass is 634 g/mol. The number of carbonyl (C=O) groups is 3. The van der Waals surface area contributed by atoms with E-state index in [1.54, 1.807) is 18.0 Å². The second kappa shape index (κ2) is 15.6. The SMILES string of the molecule is CSCC[C@@H]1NC(=O)CCCN(C(=O)c2cn[nH]c2C2CCCCC2)CCn2nc(-c3ccccc3)nc2[C@@H](C(C)C)NC1=O. The average molecular weight is 635 g/mol. The number of rotatable bonds is 7. The molecule has 3 heterocycles. The van der Waals surface area contributed by atoms with Crippen LogP contribution >= 0.6 is 11.8 Å². The van der Waals surface area contributed by atoms with E-state index < -0.39 is 12.1 Å². The van der Waals surface area contributed by atoms with Gasteiger partial charge in [0.15, 0.2) is 11.6 Å². The van der Waals surface area contributed by atoms with Gasteiger partial charge < -0.3 is 15.5 Å². The molecule has 5 rings (SSSR count). The molecular weight excluding hydrogens is 588 g/mol. The van der Waals surface area contributed by atoms with E-state index in [1.807, 2.05) is 60.0 Å². The van der Waals surface area contributed by atoms with Crippen molar-refractivity contribution in [3.05, 3.63) is 53.6 Å². The molecule has 2 aliphatic rings. The van der Waals surface area contributed by atoms with Gasteiger partial charge in [-0.1, -0.05) is 63.4 Å². The van der Waals surface area contributed by atoms with Gasteiger partial charge in [0, 0.05) is 31.0 Å². The van der Waals surface area contributed by atoms with E-state index >= 15 is 0 Å². The van der Waals surface area contributed by atoms with E-state index in [0.717, 1.165) is 42.7 Å². The Morgan fingerprint density at radius 1 is 1.02 bits per heavy atom. The first-order chi connectivity index (χ1) is 21.9. The number of aromatic amines is 1. The van der Waals surface area contributed by atoms with Crippen LogP contribution in [0.4, 0.5) is 0 Å². The van der Waals surface area contributed by atoms with Gasteiger partial charge in [0.25, 0.3) is 5.91 Å². The number of amides is 3. The van der Waals surface area contributed by atoms with Crippen LogP contribution in [0.2, 0.25) is 0 Å². The smallest absolute Gasteiger partial charge is 0.257 e. The summed E-state index contributed by atoms with van der Waals surface area (Å²) in [5, 5.41) is 18.5. The minimum Gasteiger partial charge on any atom is -0.344 e. The molecule has 242 valence electrons. The molecular formula is C33H46N8O3S. The fourth-order valence-corrected chi connectivity index (χ4v) is 6.78. The van der Waals surface area contributed by atoms with Crippen LogP contribution in [0, 0.1) is 5.92 Å². The van der Waals surface area contributed by atoms with Crippen molar-refractivity contribution in [1.29, 1.82) is 0 Å². The summed E-state index contributed by atoms with van der Waals surface area (Å²) in [6.07, 6.45) is 10.5. The second-order valence-corrected chi connectivity index (χ2v) is 13.4. The minimum atomic E-state index is -0.666. The van der Waals surface area contributed by atoms with Gasteiger partial charge in [-0.25, -0.2) is 9.67 Å². The van der Waals surface area contributed by atoms with Crippen molar-refractivity contribution in [2.45, 2.75) is 89.8 Å². The fraction of sp³-hybridized carbons (Fsp3) is 0.576. The van der Waals surface area contributed by atoms with E-state index in [1.165, 1.54) is 6.42 Å². The lowest BCUT2D eigenvalue weighted by Gasteiger charge is -2.28. The first kappa shape index (κ1) is 32.7. The number of aromatic nitrogens is 5. The van der Waals surface area contributed by atoms with Crippen LogP contribution in [-0.2, 0) is 16.1 Å². The Balaban J connectivity index is 1.49. The molecule has 11 nitrogen and oxygen atoms in total. The third-order valence-electron chi connectivity index (χ3n) is 8.85. The summed E-state index contributed by atoms with van der Waals surface area (Å²) in [5.41, 5.74) is 2.40. The largest absolute Gasteiger partial charge is 0.344 e. The van der Waals surface area contributed by atoms with Gasteiger partial charge in [0.1, 0.15) is 6.04 Å². The Hall–Kier alpha value is -3.67. The van der Waals surface area contributed by atoms with Crippen molar-refractivity contribution in [3.63, 3.8) is 0 Å². The van der Waals surface area contributed by atoms with Gasteiger partial charge >= 0.3 is 0 Å². The Morgan fingerprint density at radius 2 is 1.80 bits per heavy atom. The highest BCUT2D eigenvalue weighted by Crippen LogP contribution is 2.33. The second-order valence-electron chi connectivity index (χ2n) is 12.4. The molecule has 1 fully saturated rings. The molecule has 12 heteroatoms. The number of H-pyrrole nitrogens is 1. The predicted molar refractivity (Wildman–Crippen MR) is 176 cm³/mol. The quantitative estimate of drug-likeness (QED) is 0.343. The summed E-state index contributed by atoms with van der Waals surface area (Å²) in [5.74, 6) is 1.71. The van der Waals surface area contributed by atoms with E-state index in [9.17, 15) is 14.4 Å². The lowest BCUT2D eigenvalue weighted by Crippen LogP contribution is -2.49. The van der Waals surface area contributed by atoms with Crippen LogP contribution in [0.1, 0.15) is 99.1 Å². The van der Waals surface area contributed by atoms with Crippen molar-refractivity contribution in [2.75, 3.05) is 25.1 Å². The number of nitrogens with one attached hydrogen (secondary N) is 3. The Labute approximate surface area is 269 Å². The lowest BCUT2D eigenvalue weighted by molar-refractivity contribution is -0.129. The maximum absolute atomic E-state index is 14.1. The zero-order chi connectivity index (χ0) is 31.8. The van der Waals surface area contributed by atoms with Crippen molar-refractivity contribution in [2.24, 2.45) is 5.92 Å². The van der Waals surface area contributed by atoms with Crippen LogP contribution in [-0.4, -0.2) is 78.7 Å². The van der Waals surface area contributed by atoms with Crippen LogP contribution in [0.15, 0.2) is 36.5 Å². The summed E-state index contributed by atoms with van der Waals surface area (Å²) in [4.78, 5) is 47.6. The summed E-state index contributed by atoms with van der Waals surface area (Å²) >= 11 is 1.63. The molecule has 1 aliphatic heterocycles. The summed E-state index contributed by atoms with van der Waals surface area (Å²) < 4.78 is 1.84. The molecule has 1 aliphatic carbocycles. The minimum absolute atomic E-state index is 0.00736. The molecule has 0 saturated heterocycles. The third-order valence-corrected chi connectivity index (χ3v) is 9.49. The van der Waals surface area contributed by atoms with Gasteiger partial charge in [-0.3, -0.25) is 19.5 Å². The van der Waals surface area contributed by atoms with Crippen LogP contribution in [0.3, 0.4) is 0 Å². The number of nitrogens with zero attached hydrogens (tertiary/aromatic N) is 5. The van der Waals surface area contributed by atoms with Gasteiger partial charge in [0.2, 0.25) is 11.8 Å². The van der Waals surface area contributed by atoms with Crippen molar-refractivity contribution in [3.8, 4) is 11.4 Å². The molecule has 0 radical (unpaired) electrons. The summed E-state index contributed by atoms with van der Waals surface area (Å²) in [6.45, 7) is 5.22. The first-order valence-electron chi connectivity index (χ1n) is 16.3. The standard InChI is InChI=1S/C33H46N8O3S/c1-22(2)28-31-37-30(24-13-8-5-9-14-24)39-41(31)19-18-40(17-10-15-27(42)35-26(16-20-45-3)32(43)36-28)33(44)25-21-34-38-29(25)23-11-6-4-7-12-23/h5,8-9,13-14,21-23,26,28H,4,6-7,10-12,15-20H2,1-3H3,(H,34,38)(H,35,42)(H,36,43)/t26-,28+/m0/s1. The number of fused-ring (bicyclic) bond motifs is 1. The number of benzene rings is 1. The van der Waals surface area contributed by atoms with Crippen molar-refractivity contribution >= 4 is 29.5 Å². The van der Waals surface area contributed by atoms with Crippen LogP contribution in [0.25, 0.3) is 11.4 Å². The van der Waals surface area contributed by atoms with Gasteiger partial charge in [-0.2, -0.15) is 22.0 Å². The number of hydrogen-bond acceptors (Lipinski definition) is 7. The van der Waals surface area contributed by atoms with E-state index in [2.05, 4.69) is 20.8 Å². The molecule has 3 N–H and O–H groups in total. The first-order valence-corrected chi connectivity index (χ1v) is 17.7. The highest BCUT2D eigenvalue weighted by atomic mass is 32.2. The molecule has 2 atom stereocenters. The van der Waals surface area contributed by atoms with Crippen molar-refractivity contribution in [1.82, 2.24) is 40.5 Å². The third kappa shape index (κ3) is 8.14. The Kier molecular flexibility index (Phi) is 11.3. The molecule has 3 aromatic rings. The molecule has 45 heavy (non-hydrogen) atoms. The highest BCUT2D eigenvalue weighted by Gasteiger charge is 2.31. The van der Waals surface area contributed by atoms with E-state index in [-0.39, 0.29) is 30.1 Å². The lowest BCUT2D eigenvalue weighted by atomic mass is 9.85. The zero-order valence-electron chi connectivity index (χ0n) is 26.6. The zero-order valence-corrected chi connectivity index (χ0v) is 27.4. The molecule has 1 aromatic carbocycles. The molecule has 2 aromatic heterocycles. The maximum Gasteiger partial charge on any atom is 0.257 e. The Morgan fingerprint density at radius 3 is 2.53 bits per heavy atom. The summed E-state index contributed by atoms with van der Waals surface area (Å²) in [7, 11) is 0. The normalized spacial score (nSPS) is 20.8. The van der Waals surface area contributed by atoms with Crippen LogP contribution in [0.5, 0.6) is 0 Å². The molecule has 1 saturated carbocycles. The summed E-state index contributed by atoms with van der Waals surface area (Å²) in [6, 6.07) is 8.65. The number of thioether (sulfide) groups is 1. The van der Waals surface area contributed by atoms with E-state index in [4.69, 9.17) is 10.1 Å². The molecule has 0 bridgehead atoms. The van der Waals surface area contributed by atoms with Crippen molar-refractivity contribution < 1.29 is 14.4 Å². The van der Waals surface area contributed by atoms with Crippen LogP contribution < -0.4 is 10.6 Å². The topological polar surface area (TPSA) is 138 Å².